The highest BCUT2D eigenvalue weighted by atomic mass is 19.2. The van der Waals surface area contributed by atoms with Crippen molar-refractivity contribution < 1.29 is 13.5 Å². The molecule has 6 nitrogen and oxygen atoms in total. The Bertz CT molecular complexity index is 885. The molecule has 0 saturated heterocycles. The molecule has 2 N–H and O–H groups in total. The Morgan fingerprint density at radius 3 is 2.52 bits per heavy atom. The molecule has 0 aliphatic rings. The van der Waals surface area contributed by atoms with Gasteiger partial charge in [0.2, 0.25) is 0 Å². The van der Waals surface area contributed by atoms with E-state index in [1.165, 1.54) is 12.4 Å². The van der Waals surface area contributed by atoms with Crippen LogP contribution >= 0.6 is 0 Å². The molecule has 23 heavy (non-hydrogen) atoms. The number of nitrogens with two attached hydrogens (primary N) is 1. The summed E-state index contributed by atoms with van der Waals surface area (Å²) in [4.78, 5) is 8.13. The number of rotatable bonds is 2. The van der Waals surface area contributed by atoms with Crippen LogP contribution in [-0.4, -0.2) is 19.7 Å². The summed E-state index contributed by atoms with van der Waals surface area (Å²) < 4.78 is 33.6. The van der Waals surface area contributed by atoms with Crippen molar-refractivity contribution in [3.63, 3.8) is 0 Å². The molecule has 0 spiro atoms. The Morgan fingerprint density at radius 2 is 1.87 bits per heavy atom. The molecule has 3 rings (SSSR count). The molecule has 120 valence electrons. The zero-order valence-electron chi connectivity index (χ0n) is 12.8. The number of nitrogens with zero attached hydrogens (tertiary/aromatic N) is 4. The Labute approximate surface area is 130 Å². The SMILES string of the molecule is CC(C)(C)n1nc(Oc2ccc(F)c(F)c2)c2c(N)ncnc21. The minimum absolute atomic E-state index is 0.104. The van der Waals surface area contributed by atoms with Crippen molar-refractivity contribution in [1.29, 1.82) is 0 Å². The molecule has 0 atom stereocenters. The molecule has 0 unspecified atom stereocenters. The maximum atomic E-state index is 13.3. The van der Waals surface area contributed by atoms with Crippen LogP contribution in [0.3, 0.4) is 0 Å². The van der Waals surface area contributed by atoms with Crippen molar-refractivity contribution in [3.8, 4) is 11.6 Å². The summed E-state index contributed by atoms with van der Waals surface area (Å²) in [5, 5.41) is 4.79. The van der Waals surface area contributed by atoms with E-state index in [0.29, 0.717) is 11.0 Å². The predicted molar refractivity (Wildman–Crippen MR) is 81.2 cm³/mol. The summed E-state index contributed by atoms with van der Waals surface area (Å²) in [7, 11) is 0. The van der Waals surface area contributed by atoms with Gasteiger partial charge in [0, 0.05) is 6.07 Å². The summed E-state index contributed by atoms with van der Waals surface area (Å²) >= 11 is 0. The van der Waals surface area contributed by atoms with Crippen LogP contribution in [0.25, 0.3) is 11.0 Å². The van der Waals surface area contributed by atoms with E-state index in [0.717, 1.165) is 12.1 Å². The van der Waals surface area contributed by atoms with Gasteiger partial charge in [-0.25, -0.2) is 23.4 Å². The first-order valence-electron chi connectivity index (χ1n) is 6.90. The maximum absolute atomic E-state index is 13.3. The van der Waals surface area contributed by atoms with Gasteiger partial charge in [0.1, 0.15) is 23.3 Å². The topological polar surface area (TPSA) is 78.9 Å². The summed E-state index contributed by atoms with van der Waals surface area (Å²) in [6, 6.07) is 3.23. The second-order valence-electron chi connectivity index (χ2n) is 6.02. The third-order valence-electron chi connectivity index (χ3n) is 3.20. The number of aromatic nitrogens is 4. The molecule has 0 fully saturated rings. The van der Waals surface area contributed by atoms with Crippen molar-refractivity contribution in [2.24, 2.45) is 0 Å². The van der Waals surface area contributed by atoms with Crippen molar-refractivity contribution in [2.45, 2.75) is 26.3 Å². The average molecular weight is 319 g/mol. The first-order chi connectivity index (χ1) is 10.8. The number of hydrogen-bond donors (Lipinski definition) is 1. The van der Waals surface area contributed by atoms with Gasteiger partial charge in [-0.15, -0.1) is 5.10 Å². The number of ether oxygens (including phenoxy) is 1. The van der Waals surface area contributed by atoms with Crippen LogP contribution < -0.4 is 10.5 Å². The number of hydrogen-bond acceptors (Lipinski definition) is 5. The van der Waals surface area contributed by atoms with Gasteiger partial charge in [-0.3, -0.25) is 0 Å². The fourth-order valence-corrected chi connectivity index (χ4v) is 2.13. The lowest BCUT2D eigenvalue weighted by Crippen LogP contribution is -2.23. The van der Waals surface area contributed by atoms with Gasteiger partial charge in [0.05, 0.1) is 5.54 Å². The molecule has 8 heteroatoms. The lowest BCUT2D eigenvalue weighted by Gasteiger charge is -2.19. The average Bonchev–Trinajstić information content (AvgIpc) is 2.83. The van der Waals surface area contributed by atoms with Crippen LogP contribution in [-0.2, 0) is 5.54 Å². The van der Waals surface area contributed by atoms with E-state index in [4.69, 9.17) is 10.5 Å². The molecular formula is C15H15F2N5O. The number of anilines is 1. The molecule has 0 saturated carbocycles. The van der Waals surface area contributed by atoms with Gasteiger partial charge in [0.25, 0.3) is 5.88 Å². The van der Waals surface area contributed by atoms with E-state index in [-0.39, 0.29) is 23.0 Å². The Hall–Kier alpha value is -2.77. The van der Waals surface area contributed by atoms with Crippen molar-refractivity contribution in [2.75, 3.05) is 5.73 Å². The predicted octanol–water partition coefficient (Wildman–Crippen LogP) is 3.23. The highest BCUT2D eigenvalue weighted by molar-refractivity contribution is 5.91. The molecular weight excluding hydrogens is 304 g/mol. The van der Waals surface area contributed by atoms with E-state index in [9.17, 15) is 8.78 Å². The normalized spacial score (nSPS) is 11.9. The van der Waals surface area contributed by atoms with Gasteiger partial charge in [0.15, 0.2) is 17.3 Å². The zero-order valence-corrected chi connectivity index (χ0v) is 12.8. The second kappa shape index (κ2) is 5.15. The largest absolute Gasteiger partial charge is 0.437 e. The smallest absolute Gasteiger partial charge is 0.251 e. The Morgan fingerprint density at radius 1 is 1.13 bits per heavy atom. The quantitative estimate of drug-likeness (QED) is 0.784. The molecule has 0 bridgehead atoms. The Balaban J connectivity index is 2.15. The van der Waals surface area contributed by atoms with Gasteiger partial charge in [-0.1, -0.05) is 0 Å². The first-order valence-corrected chi connectivity index (χ1v) is 6.90. The summed E-state index contributed by atoms with van der Waals surface area (Å²) in [5.41, 5.74) is 6.02. The van der Waals surface area contributed by atoms with E-state index in [1.807, 2.05) is 20.8 Å². The van der Waals surface area contributed by atoms with Crippen LogP contribution in [0.2, 0.25) is 0 Å². The molecule has 0 amide bonds. The lowest BCUT2D eigenvalue weighted by atomic mass is 10.1. The maximum Gasteiger partial charge on any atom is 0.251 e. The molecule has 0 radical (unpaired) electrons. The van der Waals surface area contributed by atoms with Crippen LogP contribution in [0.1, 0.15) is 20.8 Å². The summed E-state index contributed by atoms with van der Waals surface area (Å²) in [6.07, 6.45) is 1.34. The summed E-state index contributed by atoms with van der Waals surface area (Å²) in [6.45, 7) is 5.83. The van der Waals surface area contributed by atoms with Gasteiger partial charge < -0.3 is 10.5 Å². The first kappa shape index (κ1) is 15.1. The van der Waals surface area contributed by atoms with Crippen molar-refractivity contribution in [1.82, 2.24) is 19.7 Å². The van der Waals surface area contributed by atoms with Crippen LogP contribution in [0.15, 0.2) is 24.5 Å². The number of fused-ring (bicyclic) bond motifs is 1. The third-order valence-corrected chi connectivity index (χ3v) is 3.20. The highest BCUT2D eigenvalue weighted by Gasteiger charge is 2.24. The van der Waals surface area contributed by atoms with Crippen LogP contribution in [0, 0.1) is 11.6 Å². The fourth-order valence-electron chi connectivity index (χ4n) is 2.13. The molecule has 3 aromatic rings. The minimum atomic E-state index is -1.01. The Kier molecular flexibility index (Phi) is 3.39. The van der Waals surface area contributed by atoms with Crippen LogP contribution in [0.4, 0.5) is 14.6 Å². The van der Waals surface area contributed by atoms with Gasteiger partial charge in [-0.05, 0) is 32.9 Å². The second-order valence-corrected chi connectivity index (χ2v) is 6.02. The third kappa shape index (κ3) is 2.67. The summed E-state index contributed by atoms with van der Waals surface area (Å²) in [5.74, 6) is -1.52. The monoisotopic (exact) mass is 319 g/mol. The van der Waals surface area contributed by atoms with Gasteiger partial charge in [-0.2, -0.15) is 0 Å². The molecule has 1 aromatic carbocycles. The van der Waals surface area contributed by atoms with Crippen molar-refractivity contribution in [3.05, 3.63) is 36.2 Å². The number of nitrogen functional groups attached to an aromatic ring is 1. The highest BCUT2D eigenvalue weighted by Crippen LogP contribution is 2.34. The number of halogens is 2. The van der Waals surface area contributed by atoms with E-state index in [2.05, 4.69) is 15.1 Å². The zero-order chi connectivity index (χ0) is 16.8. The molecule has 0 aliphatic carbocycles. The number of benzene rings is 1. The molecule has 2 heterocycles. The standard InChI is InChI=1S/C15H15F2N5O/c1-15(2,3)22-13-11(12(18)19-7-20-13)14(21-22)23-8-4-5-9(16)10(17)6-8/h4-7H,1-3H3,(H2,18,19,20). The molecule has 2 aromatic heterocycles. The van der Waals surface area contributed by atoms with Crippen molar-refractivity contribution >= 4 is 16.9 Å². The molecule has 0 aliphatic heterocycles. The van der Waals surface area contributed by atoms with Gasteiger partial charge >= 0.3 is 0 Å². The minimum Gasteiger partial charge on any atom is -0.437 e. The van der Waals surface area contributed by atoms with E-state index < -0.39 is 11.6 Å². The lowest BCUT2D eigenvalue weighted by molar-refractivity contribution is 0.348. The van der Waals surface area contributed by atoms with E-state index in [1.54, 1.807) is 4.68 Å². The van der Waals surface area contributed by atoms with Crippen LogP contribution in [0.5, 0.6) is 11.6 Å². The fraction of sp³-hybridized carbons (Fsp3) is 0.267. The van der Waals surface area contributed by atoms with E-state index >= 15 is 0 Å².